The second kappa shape index (κ2) is 4.42. The van der Waals surface area contributed by atoms with Gasteiger partial charge in [0.1, 0.15) is 5.82 Å². The summed E-state index contributed by atoms with van der Waals surface area (Å²) in [4.78, 5) is 4.36. The minimum Gasteiger partial charge on any atom is -0.337 e. The van der Waals surface area contributed by atoms with Gasteiger partial charge in [-0.15, -0.1) is 0 Å². The number of hydrogen-bond donors (Lipinski definition) is 1. The van der Waals surface area contributed by atoms with Gasteiger partial charge in [-0.3, -0.25) is 0 Å². The maximum atomic E-state index is 4.36. The molecule has 0 aromatic carbocycles. The van der Waals surface area contributed by atoms with Crippen LogP contribution >= 0.6 is 0 Å². The van der Waals surface area contributed by atoms with Crippen molar-refractivity contribution >= 4 is 0 Å². The van der Waals surface area contributed by atoms with Crippen molar-refractivity contribution in [3.05, 3.63) is 18.2 Å². The van der Waals surface area contributed by atoms with Gasteiger partial charge in [0.2, 0.25) is 0 Å². The van der Waals surface area contributed by atoms with Crippen LogP contribution in [0, 0.1) is 5.92 Å². The zero-order valence-corrected chi connectivity index (χ0v) is 8.91. The molecule has 3 heteroatoms. The smallest absolute Gasteiger partial charge is 0.125 e. The fourth-order valence-electron chi connectivity index (χ4n) is 1.52. The van der Waals surface area contributed by atoms with Crippen molar-refractivity contribution in [1.29, 1.82) is 0 Å². The molecule has 0 amide bonds. The van der Waals surface area contributed by atoms with E-state index in [9.17, 15) is 0 Å². The standard InChI is InChI=1S/C10H19N3/c1-5-11-9(8(2)3)10-12-6-7-13(10)4/h6-9,11H,5H2,1-4H3. The zero-order chi connectivity index (χ0) is 9.84. The zero-order valence-electron chi connectivity index (χ0n) is 8.91. The Kier molecular flexibility index (Phi) is 3.48. The third-order valence-corrected chi connectivity index (χ3v) is 2.23. The predicted octanol–water partition coefficient (Wildman–Crippen LogP) is 1.73. The summed E-state index contributed by atoms with van der Waals surface area (Å²) >= 11 is 0. The fourth-order valence-corrected chi connectivity index (χ4v) is 1.52. The lowest BCUT2D eigenvalue weighted by Crippen LogP contribution is -2.27. The van der Waals surface area contributed by atoms with Gasteiger partial charge < -0.3 is 9.88 Å². The van der Waals surface area contributed by atoms with Gasteiger partial charge in [0, 0.05) is 19.4 Å². The third-order valence-electron chi connectivity index (χ3n) is 2.23. The van der Waals surface area contributed by atoms with Gasteiger partial charge >= 0.3 is 0 Å². The molecule has 0 aliphatic heterocycles. The number of aromatic nitrogens is 2. The first kappa shape index (κ1) is 10.3. The van der Waals surface area contributed by atoms with E-state index >= 15 is 0 Å². The van der Waals surface area contributed by atoms with Gasteiger partial charge in [0.15, 0.2) is 0 Å². The van der Waals surface area contributed by atoms with Crippen LogP contribution in [-0.2, 0) is 7.05 Å². The van der Waals surface area contributed by atoms with Gasteiger partial charge in [0.05, 0.1) is 6.04 Å². The highest BCUT2D eigenvalue weighted by Gasteiger charge is 2.17. The van der Waals surface area contributed by atoms with Crippen LogP contribution in [0.15, 0.2) is 12.4 Å². The number of aryl methyl sites for hydroxylation is 1. The summed E-state index contributed by atoms with van der Waals surface area (Å²) in [5, 5.41) is 3.44. The SMILES string of the molecule is CCNC(c1nccn1C)C(C)C. The van der Waals surface area contributed by atoms with Crippen LogP contribution in [0.3, 0.4) is 0 Å². The van der Waals surface area contributed by atoms with Crippen LogP contribution in [-0.4, -0.2) is 16.1 Å². The maximum absolute atomic E-state index is 4.36. The van der Waals surface area contributed by atoms with Crippen molar-refractivity contribution in [3.63, 3.8) is 0 Å². The van der Waals surface area contributed by atoms with Crippen LogP contribution in [0.5, 0.6) is 0 Å². The number of nitrogens with one attached hydrogen (secondary N) is 1. The van der Waals surface area contributed by atoms with Gasteiger partial charge in [0.25, 0.3) is 0 Å². The summed E-state index contributed by atoms with van der Waals surface area (Å²) in [6.45, 7) is 7.53. The first-order valence-corrected chi connectivity index (χ1v) is 4.87. The minimum absolute atomic E-state index is 0.366. The van der Waals surface area contributed by atoms with Crippen molar-refractivity contribution in [2.24, 2.45) is 13.0 Å². The summed E-state index contributed by atoms with van der Waals surface area (Å²) in [7, 11) is 2.04. The second-order valence-corrected chi connectivity index (χ2v) is 3.68. The maximum Gasteiger partial charge on any atom is 0.125 e. The van der Waals surface area contributed by atoms with Gasteiger partial charge in [-0.1, -0.05) is 20.8 Å². The monoisotopic (exact) mass is 181 g/mol. The Morgan fingerprint density at radius 1 is 1.54 bits per heavy atom. The average Bonchev–Trinajstić information content (AvgIpc) is 2.47. The third kappa shape index (κ3) is 2.31. The first-order valence-electron chi connectivity index (χ1n) is 4.87. The molecular formula is C10H19N3. The first-order chi connectivity index (χ1) is 6.16. The number of rotatable bonds is 4. The van der Waals surface area contributed by atoms with Crippen molar-refractivity contribution in [2.75, 3.05) is 6.54 Å². The summed E-state index contributed by atoms with van der Waals surface area (Å²) in [6, 6.07) is 0.366. The summed E-state index contributed by atoms with van der Waals surface area (Å²) in [5.41, 5.74) is 0. The molecule has 1 aromatic heterocycles. The highest BCUT2D eigenvalue weighted by Crippen LogP contribution is 2.18. The Morgan fingerprint density at radius 2 is 2.23 bits per heavy atom. The Hall–Kier alpha value is -0.830. The summed E-state index contributed by atoms with van der Waals surface area (Å²) < 4.78 is 2.08. The molecule has 0 spiro atoms. The molecule has 1 aromatic rings. The number of hydrogen-bond acceptors (Lipinski definition) is 2. The van der Waals surface area contributed by atoms with E-state index in [2.05, 4.69) is 35.6 Å². The Balaban J connectivity index is 2.82. The van der Waals surface area contributed by atoms with E-state index in [4.69, 9.17) is 0 Å². The lowest BCUT2D eigenvalue weighted by molar-refractivity contribution is 0.394. The Bertz CT molecular complexity index is 252. The van der Waals surface area contributed by atoms with E-state index in [0.29, 0.717) is 12.0 Å². The van der Waals surface area contributed by atoms with E-state index in [1.807, 2.05) is 19.4 Å². The predicted molar refractivity (Wildman–Crippen MR) is 54.5 cm³/mol. The molecule has 1 atom stereocenters. The number of nitrogens with zero attached hydrogens (tertiary/aromatic N) is 2. The molecule has 3 nitrogen and oxygen atoms in total. The van der Waals surface area contributed by atoms with E-state index in [1.54, 1.807) is 0 Å². The Labute approximate surface area is 80.2 Å². The Morgan fingerprint density at radius 3 is 2.62 bits per heavy atom. The average molecular weight is 181 g/mol. The molecule has 0 radical (unpaired) electrons. The van der Waals surface area contributed by atoms with E-state index in [-0.39, 0.29) is 0 Å². The quantitative estimate of drug-likeness (QED) is 0.766. The normalized spacial score (nSPS) is 13.6. The molecule has 0 saturated heterocycles. The largest absolute Gasteiger partial charge is 0.337 e. The van der Waals surface area contributed by atoms with E-state index in [1.165, 1.54) is 0 Å². The van der Waals surface area contributed by atoms with E-state index in [0.717, 1.165) is 12.4 Å². The lowest BCUT2D eigenvalue weighted by atomic mass is 10.0. The van der Waals surface area contributed by atoms with Crippen molar-refractivity contribution in [1.82, 2.24) is 14.9 Å². The highest BCUT2D eigenvalue weighted by atomic mass is 15.1. The van der Waals surface area contributed by atoms with Crippen molar-refractivity contribution in [2.45, 2.75) is 26.8 Å². The van der Waals surface area contributed by atoms with Gasteiger partial charge in [-0.25, -0.2) is 4.98 Å². The van der Waals surface area contributed by atoms with Crippen molar-refractivity contribution in [3.8, 4) is 0 Å². The van der Waals surface area contributed by atoms with Crippen LogP contribution in [0.1, 0.15) is 32.6 Å². The molecular weight excluding hydrogens is 162 g/mol. The van der Waals surface area contributed by atoms with Crippen LogP contribution in [0.25, 0.3) is 0 Å². The summed E-state index contributed by atoms with van der Waals surface area (Å²) in [5.74, 6) is 1.69. The number of imidazole rings is 1. The highest BCUT2D eigenvalue weighted by molar-refractivity contribution is 4.99. The molecule has 13 heavy (non-hydrogen) atoms. The van der Waals surface area contributed by atoms with Gasteiger partial charge in [-0.2, -0.15) is 0 Å². The molecule has 0 fully saturated rings. The molecule has 0 saturated carbocycles. The fraction of sp³-hybridized carbons (Fsp3) is 0.700. The van der Waals surface area contributed by atoms with E-state index < -0.39 is 0 Å². The molecule has 1 heterocycles. The molecule has 74 valence electrons. The molecule has 0 aliphatic carbocycles. The molecule has 0 bridgehead atoms. The second-order valence-electron chi connectivity index (χ2n) is 3.68. The van der Waals surface area contributed by atoms with Crippen molar-refractivity contribution < 1.29 is 0 Å². The molecule has 1 rings (SSSR count). The summed E-state index contributed by atoms with van der Waals surface area (Å²) in [6.07, 6.45) is 3.84. The molecule has 0 aliphatic rings. The van der Waals surface area contributed by atoms with Crippen LogP contribution in [0.2, 0.25) is 0 Å². The minimum atomic E-state index is 0.366. The molecule has 1 N–H and O–H groups in total. The van der Waals surface area contributed by atoms with Crippen LogP contribution < -0.4 is 5.32 Å². The lowest BCUT2D eigenvalue weighted by Gasteiger charge is -2.21. The van der Waals surface area contributed by atoms with Gasteiger partial charge in [-0.05, 0) is 12.5 Å². The topological polar surface area (TPSA) is 29.9 Å². The molecule has 1 unspecified atom stereocenters. The van der Waals surface area contributed by atoms with Crippen LogP contribution in [0.4, 0.5) is 0 Å².